The first kappa shape index (κ1) is 9.85. The number of aromatic nitrogens is 1. The molecule has 0 amide bonds. The zero-order valence-electron chi connectivity index (χ0n) is 7.35. The molecule has 0 atom stereocenters. The summed E-state index contributed by atoms with van der Waals surface area (Å²) in [6.45, 7) is 4.61. The maximum absolute atomic E-state index is 12.5. The summed E-state index contributed by atoms with van der Waals surface area (Å²) in [5, 5.41) is 3.38. The molecule has 0 aliphatic rings. The van der Waals surface area contributed by atoms with Crippen molar-refractivity contribution in [3.63, 3.8) is 0 Å². The first-order valence-corrected chi connectivity index (χ1v) is 4.42. The van der Waals surface area contributed by atoms with E-state index in [4.69, 9.17) is 0 Å². The minimum Gasteiger partial charge on any atom is -0.365 e. The smallest absolute Gasteiger partial charge is 0.232 e. The van der Waals surface area contributed by atoms with Gasteiger partial charge in [0.15, 0.2) is 11.0 Å². The summed E-state index contributed by atoms with van der Waals surface area (Å²) in [5.74, 6) is -1.63. The summed E-state index contributed by atoms with van der Waals surface area (Å²) in [4.78, 5) is 15.5. The molecule has 0 fully saturated rings. The Hall–Kier alpha value is -1.23. The van der Waals surface area contributed by atoms with Crippen molar-refractivity contribution in [1.29, 1.82) is 0 Å². The van der Waals surface area contributed by atoms with E-state index in [1.54, 1.807) is 14.0 Å². The molecule has 0 saturated heterocycles. The van der Waals surface area contributed by atoms with Crippen molar-refractivity contribution in [2.24, 2.45) is 0 Å². The van der Waals surface area contributed by atoms with Gasteiger partial charge >= 0.3 is 0 Å². The van der Waals surface area contributed by atoms with Gasteiger partial charge in [0.25, 0.3) is 0 Å². The molecule has 13 heavy (non-hydrogen) atoms. The first-order valence-electron chi connectivity index (χ1n) is 3.60. The first-order chi connectivity index (χ1) is 6.06. The molecule has 0 saturated carbocycles. The quantitative estimate of drug-likeness (QED) is 0.600. The minimum absolute atomic E-state index is 0.303. The van der Waals surface area contributed by atoms with Gasteiger partial charge in [-0.3, -0.25) is 4.79 Å². The summed E-state index contributed by atoms with van der Waals surface area (Å²) in [6, 6.07) is 0. The third-order valence-corrected chi connectivity index (χ3v) is 2.64. The van der Waals surface area contributed by atoms with E-state index in [0.717, 1.165) is 11.3 Å². The zero-order chi connectivity index (χ0) is 10.0. The van der Waals surface area contributed by atoms with Crippen molar-refractivity contribution in [1.82, 2.24) is 4.98 Å². The molecular formula is C8H9FN2OS. The Kier molecular flexibility index (Phi) is 2.77. The number of rotatable bonds is 3. The fourth-order valence-electron chi connectivity index (χ4n) is 0.837. The summed E-state index contributed by atoms with van der Waals surface area (Å²) in [7, 11) is 1.69. The highest BCUT2D eigenvalue weighted by Gasteiger charge is 2.17. The summed E-state index contributed by atoms with van der Waals surface area (Å²) < 4.78 is 12.5. The lowest BCUT2D eigenvalue weighted by Crippen LogP contribution is -1.97. The van der Waals surface area contributed by atoms with Crippen LogP contribution in [0.15, 0.2) is 12.4 Å². The van der Waals surface area contributed by atoms with E-state index in [0.29, 0.717) is 15.7 Å². The number of halogens is 1. The lowest BCUT2D eigenvalue weighted by atomic mass is 10.3. The number of aryl methyl sites for hydroxylation is 1. The van der Waals surface area contributed by atoms with Crippen LogP contribution < -0.4 is 5.32 Å². The van der Waals surface area contributed by atoms with Crippen LogP contribution in [0.25, 0.3) is 0 Å². The molecule has 1 aromatic rings. The van der Waals surface area contributed by atoms with Gasteiger partial charge in [-0.25, -0.2) is 9.37 Å². The normalized spacial score (nSPS) is 9.77. The number of Topliss-reactive ketones (excluding diaryl/α,β-unsaturated/α-hetero) is 1. The van der Waals surface area contributed by atoms with Crippen LogP contribution in [0.1, 0.15) is 15.4 Å². The van der Waals surface area contributed by atoms with Crippen LogP contribution in [0.3, 0.4) is 0 Å². The Morgan fingerprint density at radius 1 is 1.69 bits per heavy atom. The molecule has 1 N–H and O–H groups in total. The Bertz CT molecular complexity index is 359. The summed E-state index contributed by atoms with van der Waals surface area (Å²) >= 11 is 1.12. The van der Waals surface area contributed by atoms with Crippen LogP contribution in [0.5, 0.6) is 0 Å². The standard InChI is InChI=1S/C8H9FN2OS/c1-4(9)6(12)7-5(2)11-8(10-3)13-7/h1H2,2-3H3,(H,10,11). The van der Waals surface area contributed by atoms with Crippen molar-refractivity contribution in [3.05, 3.63) is 23.0 Å². The average molecular weight is 200 g/mol. The minimum atomic E-state index is -0.950. The van der Waals surface area contributed by atoms with Crippen LogP contribution >= 0.6 is 11.3 Å². The highest BCUT2D eigenvalue weighted by atomic mass is 32.1. The fraction of sp³-hybridized carbons (Fsp3) is 0.250. The van der Waals surface area contributed by atoms with E-state index in [-0.39, 0.29) is 0 Å². The van der Waals surface area contributed by atoms with E-state index in [2.05, 4.69) is 16.9 Å². The molecule has 3 nitrogen and oxygen atoms in total. The number of anilines is 1. The van der Waals surface area contributed by atoms with Gasteiger partial charge in [0.2, 0.25) is 5.78 Å². The van der Waals surface area contributed by atoms with Gasteiger partial charge in [-0.2, -0.15) is 0 Å². The molecule has 1 heterocycles. The second kappa shape index (κ2) is 3.66. The van der Waals surface area contributed by atoms with Gasteiger partial charge in [-0.15, -0.1) is 0 Å². The second-order valence-electron chi connectivity index (χ2n) is 2.42. The Morgan fingerprint density at radius 2 is 2.31 bits per heavy atom. The predicted octanol–water partition coefficient (Wildman–Crippen LogP) is 2.16. The van der Waals surface area contributed by atoms with Gasteiger partial charge in [-0.1, -0.05) is 17.9 Å². The molecule has 0 spiro atoms. The van der Waals surface area contributed by atoms with E-state index in [1.807, 2.05) is 0 Å². The van der Waals surface area contributed by atoms with Crippen LogP contribution in [-0.2, 0) is 0 Å². The number of thiazole rings is 1. The van der Waals surface area contributed by atoms with Crippen LogP contribution in [0.4, 0.5) is 9.52 Å². The lowest BCUT2D eigenvalue weighted by Gasteiger charge is -1.91. The van der Waals surface area contributed by atoms with Gasteiger partial charge in [0.1, 0.15) is 4.88 Å². The van der Waals surface area contributed by atoms with Crippen molar-refractivity contribution in [2.75, 3.05) is 12.4 Å². The van der Waals surface area contributed by atoms with Crippen LogP contribution in [0.2, 0.25) is 0 Å². The number of hydrogen-bond donors (Lipinski definition) is 1. The molecule has 70 valence electrons. The number of allylic oxidation sites excluding steroid dienone is 1. The predicted molar refractivity (Wildman–Crippen MR) is 51.0 cm³/mol. The molecule has 0 radical (unpaired) electrons. The van der Waals surface area contributed by atoms with Crippen molar-refractivity contribution in [2.45, 2.75) is 6.92 Å². The molecule has 0 unspecified atom stereocenters. The van der Waals surface area contributed by atoms with Crippen molar-refractivity contribution >= 4 is 22.3 Å². The number of nitrogens with zero attached hydrogens (tertiary/aromatic N) is 1. The Labute approximate surface area is 79.3 Å². The molecule has 0 bridgehead atoms. The third-order valence-electron chi connectivity index (χ3n) is 1.46. The largest absolute Gasteiger partial charge is 0.365 e. The molecule has 1 aromatic heterocycles. The molecule has 0 aliphatic heterocycles. The Balaban J connectivity index is 3.07. The third kappa shape index (κ3) is 1.92. The average Bonchev–Trinajstić information content (AvgIpc) is 2.45. The molecule has 0 aliphatic carbocycles. The highest BCUT2D eigenvalue weighted by Crippen LogP contribution is 2.24. The molecule has 1 rings (SSSR count). The second-order valence-corrected chi connectivity index (χ2v) is 3.42. The van der Waals surface area contributed by atoms with Gasteiger partial charge < -0.3 is 5.32 Å². The molecular weight excluding hydrogens is 191 g/mol. The van der Waals surface area contributed by atoms with Gasteiger partial charge in [-0.05, 0) is 6.92 Å². The van der Waals surface area contributed by atoms with E-state index in [1.165, 1.54) is 0 Å². The SMILES string of the molecule is C=C(F)C(=O)c1sc(NC)nc1C. The van der Waals surface area contributed by atoms with E-state index >= 15 is 0 Å². The maximum atomic E-state index is 12.5. The Morgan fingerprint density at radius 3 is 2.69 bits per heavy atom. The summed E-state index contributed by atoms with van der Waals surface area (Å²) in [5.41, 5.74) is 0.526. The molecule has 0 aromatic carbocycles. The van der Waals surface area contributed by atoms with Crippen molar-refractivity contribution < 1.29 is 9.18 Å². The number of ketones is 1. The number of nitrogens with one attached hydrogen (secondary N) is 1. The highest BCUT2D eigenvalue weighted by molar-refractivity contribution is 7.17. The number of carbonyl (C=O) groups excluding carboxylic acids is 1. The van der Waals surface area contributed by atoms with E-state index in [9.17, 15) is 9.18 Å². The molecule has 5 heteroatoms. The fourth-order valence-corrected chi connectivity index (χ4v) is 1.71. The number of carbonyl (C=O) groups is 1. The van der Waals surface area contributed by atoms with Crippen LogP contribution in [0, 0.1) is 6.92 Å². The van der Waals surface area contributed by atoms with E-state index < -0.39 is 11.6 Å². The zero-order valence-corrected chi connectivity index (χ0v) is 8.17. The maximum Gasteiger partial charge on any atom is 0.232 e. The summed E-state index contributed by atoms with van der Waals surface area (Å²) in [6.07, 6.45) is 0. The monoisotopic (exact) mass is 200 g/mol. The topological polar surface area (TPSA) is 42.0 Å². The number of hydrogen-bond acceptors (Lipinski definition) is 4. The van der Waals surface area contributed by atoms with Gasteiger partial charge in [0.05, 0.1) is 5.69 Å². The van der Waals surface area contributed by atoms with Crippen LogP contribution in [-0.4, -0.2) is 17.8 Å². The van der Waals surface area contributed by atoms with Gasteiger partial charge in [0, 0.05) is 7.05 Å². The lowest BCUT2D eigenvalue weighted by molar-refractivity contribution is 0.101. The van der Waals surface area contributed by atoms with Crippen molar-refractivity contribution in [3.8, 4) is 0 Å².